The Balaban J connectivity index is 1.72. The monoisotopic (exact) mass is 564 g/mol. The van der Waals surface area contributed by atoms with E-state index in [0.29, 0.717) is 27.8 Å². The van der Waals surface area contributed by atoms with Crippen LogP contribution in [0.15, 0.2) is 72.8 Å². The molecule has 0 saturated heterocycles. The first-order valence-electron chi connectivity index (χ1n) is 13.8. The van der Waals surface area contributed by atoms with Crippen LogP contribution in [0.2, 0.25) is 0 Å². The van der Waals surface area contributed by atoms with Gasteiger partial charge in [0.1, 0.15) is 60.7 Å². The van der Waals surface area contributed by atoms with Crippen molar-refractivity contribution in [2.75, 3.05) is 0 Å². The molecular formula is C33H15B7N2O3. The van der Waals surface area contributed by atoms with Crippen LogP contribution >= 0.6 is 0 Å². The summed E-state index contributed by atoms with van der Waals surface area (Å²) in [4.78, 5) is 4.86. The number of fused-ring (bicyclic) bond motifs is 3. The van der Waals surface area contributed by atoms with Crippen LogP contribution in [0.4, 0.5) is 0 Å². The zero-order chi connectivity index (χ0) is 31.9. The van der Waals surface area contributed by atoms with Gasteiger partial charge in [0.2, 0.25) is 0 Å². The van der Waals surface area contributed by atoms with Crippen molar-refractivity contribution in [1.29, 1.82) is 0 Å². The second-order valence-electron chi connectivity index (χ2n) is 10.8. The van der Waals surface area contributed by atoms with E-state index in [4.69, 9.17) is 59.9 Å². The van der Waals surface area contributed by atoms with E-state index < -0.39 is 17.2 Å². The lowest BCUT2D eigenvalue weighted by atomic mass is 9.59. The van der Waals surface area contributed by atoms with E-state index in [1.54, 1.807) is 0 Å². The highest BCUT2D eigenvalue weighted by Gasteiger charge is 2.27. The molecule has 7 aromatic rings. The van der Waals surface area contributed by atoms with Gasteiger partial charge in [-0.3, -0.25) is 4.57 Å². The molecule has 0 amide bonds. The molecule has 0 atom stereocenters. The molecule has 0 aliphatic rings. The number of aromatic hydroxyl groups is 3. The van der Waals surface area contributed by atoms with Crippen molar-refractivity contribution in [3.8, 4) is 45.5 Å². The maximum Gasteiger partial charge on any atom is 0.199 e. The molecule has 0 aliphatic carbocycles. The molecule has 6 aromatic carbocycles. The van der Waals surface area contributed by atoms with Crippen LogP contribution in [0.5, 0.6) is 17.2 Å². The highest BCUT2D eigenvalue weighted by Crippen LogP contribution is 2.43. The maximum absolute atomic E-state index is 10.6. The van der Waals surface area contributed by atoms with Crippen molar-refractivity contribution in [3.63, 3.8) is 0 Å². The van der Waals surface area contributed by atoms with Crippen LogP contribution in [0.1, 0.15) is 0 Å². The second-order valence-corrected chi connectivity index (χ2v) is 10.8. The number of phenols is 3. The van der Waals surface area contributed by atoms with Crippen molar-refractivity contribution in [2.24, 2.45) is 0 Å². The van der Waals surface area contributed by atoms with Crippen molar-refractivity contribution in [3.05, 3.63) is 72.8 Å². The fourth-order valence-corrected chi connectivity index (χ4v) is 6.14. The molecule has 12 heteroatoms. The van der Waals surface area contributed by atoms with E-state index in [0.717, 1.165) is 21.5 Å². The Hall–Kier alpha value is -4.84. The third kappa shape index (κ3) is 4.01. The van der Waals surface area contributed by atoms with Crippen molar-refractivity contribution in [2.45, 2.75) is 0 Å². The lowest BCUT2D eigenvalue weighted by Gasteiger charge is -2.25. The van der Waals surface area contributed by atoms with Crippen LogP contribution < -0.4 is 38.2 Å². The Morgan fingerprint density at radius 1 is 0.444 bits per heavy atom. The van der Waals surface area contributed by atoms with E-state index in [1.165, 1.54) is 0 Å². The smallest absolute Gasteiger partial charge is 0.199 e. The topological polar surface area (TPSA) is 78.5 Å². The summed E-state index contributed by atoms with van der Waals surface area (Å²) in [5.41, 5.74) is 3.43. The molecule has 14 radical (unpaired) electrons. The molecule has 196 valence electrons. The van der Waals surface area contributed by atoms with Gasteiger partial charge >= 0.3 is 0 Å². The van der Waals surface area contributed by atoms with Gasteiger partial charge in [-0.05, 0) is 45.0 Å². The Morgan fingerprint density at radius 2 is 0.889 bits per heavy atom. The minimum atomic E-state index is -0.825. The highest BCUT2D eigenvalue weighted by atomic mass is 16.3. The predicted molar refractivity (Wildman–Crippen MR) is 190 cm³/mol. The molecule has 7 rings (SSSR count). The Labute approximate surface area is 268 Å². The van der Waals surface area contributed by atoms with Crippen LogP contribution in [-0.2, 0) is 0 Å². The summed E-state index contributed by atoms with van der Waals surface area (Å²) >= 11 is 0. The molecule has 0 bridgehead atoms. The fourth-order valence-electron chi connectivity index (χ4n) is 6.14. The van der Waals surface area contributed by atoms with Gasteiger partial charge in [0.25, 0.3) is 0 Å². The number of phenolic OH excluding ortho intramolecular Hbond substituents is 3. The molecule has 1 aromatic heterocycles. The van der Waals surface area contributed by atoms with Gasteiger partial charge < -0.3 is 15.3 Å². The lowest BCUT2D eigenvalue weighted by Crippen LogP contribution is -2.55. The van der Waals surface area contributed by atoms with E-state index in [2.05, 4.69) is 0 Å². The molecule has 0 saturated carbocycles. The maximum atomic E-state index is 10.6. The summed E-state index contributed by atoms with van der Waals surface area (Å²) in [7, 11) is 44.6. The summed E-state index contributed by atoms with van der Waals surface area (Å²) in [6.45, 7) is 0. The van der Waals surface area contributed by atoms with E-state index >= 15 is 0 Å². The first kappa shape index (κ1) is 28.9. The normalized spacial score (nSPS) is 11.6. The minimum Gasteiger partial charge on any atom is -0.505 e. The molecule has 5 nitrogen and oxygen atoms in total. The van der Waals surface area contributed by atoms with Crippen LogP contribution in [-0.4, -0.2) is 79.8 Å². The van der Waals surface area contributed by atoms with Gasteiger partial charge in [-0.15, -0.1) is 16.4 Å². The number of para-hydroxylation sites is 2. The average molecular weight is 563 g/mol. The van der Waals surface area contributed by atoms with Crippen molar-refractivity contribution >= 4 is 126 Å². The Bertz CT molecular complexity index is 2290. The number of aromatic nitrogens is 2. The Morgan fingerprint density at radius 3 is 1.42 bits per heavy atom. The number of hydrogen-bond acceptors (Lipinski definition) is 4. The predicted octanol–water partition coefficient (Wildman–Crippen LogP) is -0.661. The van der Waals surface area contributed by atoms with Crippen LogP contribution in [0.25, 0.3) is 60.8 Å². The molecule has 0 fully saturated rings. The Kier molecular flexibility index (Phi) is 6.66. The van der Waals surface area contributed by atoms with Gasteiger partial charge in [0, 0.05) is 16.3 Å². The van der Waals surface area contributed by atoms with E-state index in [1.807, 2.05) is 77.4 Å². The third-order valence-corrected chi connectivity index (χ3v) is 8.36. The summed E-state index contributed by atoms with van der Waals surface area (Å²) in [5, 5.41) is 34.5. The largest absolute Gasteiger partial charge is 0.505 e. The van der Waals surface area contributed by atoms with E-state index in [9.17, 15) is 15.3 Å². The fraction of sp³-hybridized carbons (Fsp3) is 0. The molecule has 45 heavy (non-hydrogen) atoms. The summed E-state index contributed by atoms with van der Waals surface area (Å²) < 4.78 is 1.86. The van der Waals surface area contributed by atoms with Gasteiger partial charge in [-0.1, -0.05) is 71.6 Å². The summed E-state index contributed by atoms with van der Waals surface area (Å²) in [6, 6.07) is 22.7. The minimum absolute atomic E-state index is 0.0452. The van der Waals surface area contributed by atoms with Gasteiger partial charge in [0.05, 0.1) is 16.7 Å². The van der Waals surface area contributed by atoms with E-state index in [-0.39, 0.29) is 49.6 Å². The molecular weight excluding hydrogens is 548 g/mol. The molecule has 3 N–H and O–H groups in total. The third-order valence-electron chi connectivity index (χ3n) is 8.36. The van der Waals surface area contributed by atoms with Crippen LogP contribution in [0.3, 0.4) is 0 Å². The van der Waals surface area contributed by atoms with Crippen molar-refractivity contribution < 1.29 is 15.3 Å². The molecule has 0 unspecified atom stereocenters. The lowest BCUT2D eigenvalue weighted by molar-refractivity contribution is 0.372. The quantitative estimate of drug-likeness (QED) is 0.152. The average Bonchev–Trinajstić information content (AvgIpc) is 3.43. The van der Waals surface area contributed by atoms with Crippen molar-refractivity contribution in [1.82, 2.24) is 9.55 Å². The summed E-state index contributed by atoms with van der Waals surface area (Å²) in [6.07, 6.45) is 0. The zero-order valence-corrected chi connectivity index (χ0v) is 23.7. The molecule has 0 spiro atoms. The van der Waals surface area contributed by atoms with Crippen LogP contribution in [0, 0.1) is 0 Å². The van der Waals surface area contributed by atoms with Gasteiger partial charge in [0.15, 0.2) is 17.2 Å². The SMILES string of the molecule is [B]c1c([B])c([B])c(-c2c3ccccc3c(-n3c(-c4c([B])c(O)c(O)c(O)c4[B])nc4ccccc43)c3ccccc23)c([B])c1[B]. The second kappa shape index (κ2) is 10.4. The summed E-state index contributed by atoms with van der Waals surface area (Å²) in [5.74, 6) is -2.04. The number of hydrogen-bond donors (Lipinski definition) is 3. The standard InChI is InChI=1S/C33H15B7N2O3/c34-22-20(23(35)27(39)28(40)26(22)38)19-13-7-1-3-9-15(13)29(16-10-4-2-8-14(16)19)42-18-12-6-5-11-17(18)41-33(42)21-24(36)30(43)32(45)31(44)25(21)37/h1-12,43-45H. The first-order chi connectivity index (χ1) is 21.5. The number of benzene rings is 6. The molecule has 1 heterocycles. The number of imidazole rings is 1. The first-order valence-corrected chi connectivity index (χ1v) is 13.8. The number of nitrogens with zero attached hydrogens (tertiary/aromatic N) is 2. The highest BCUT2D eigenvalue weighted by molar-refractivity contribution is 6.69. The van der Waals surface area contributed by atoms with Gasteiger partial charge in [-0.25, -0.2) is 4.98 Å². The number of rotatable bonds is 3. The molecule has 0 aliphatic heterocycles. The van der Waals surface area contributed by atoms with Gasteiger partial charge in [-0.2, -0.15) is 0 Å². The zero-order valence-electron chi connectivity index (χ0n) is 23.7.